The lowest BCUT2D eigenvalue weighted by molar-refractivity contribution is 0.404. The van der Waals surface area contributed by atoms with E-state index in [1.54, 1.807) is 7.11 Å². The van der Waals surface area contributed by atoms with Gasteiger partial charge in [0.05, 0.1) is 7.11 Å². The molecule has 1 aliphatic rings. The van der Waals surface area contributed by atoms with Gasteiger partial charge in [-0.15, -0.1) is 0 Å². The quantitative estimate of drug-likeness (QED) is 0.908. The Hall–Kier alpha value is -1.67. The Bertz CT molecular complexity index is 580. The third kappa shape index (κ3) is 2.75. The monoisotopic (exact) mass is 287 g/mol. The lowest BCUT2D eigenvalue weighted by Crippen LogP contribution is -2.27. The van der Waals surface area contributed by atoms with E-state index in [4.69, 9.17) is 16.3 Å². The highest BCUT2D eigenvalue weighted by atomic mass is 35.5. The van der Waals surface area contributed by atoms with Crippen molar-refractivity contribution >= 4 is 17.3 Å². The van der Waals surface area contributed by atoms with Crippen molar-refractivity contribution in [2.24, 2.45) is 0 Å². The van der Waals surface area contributed by atoms with E-state index in [-0.39, 0.29) is 0 Å². The molecule has 1 N–H and O–H groups in total. The average molecular weight is 288 g/mol. The Labute approximate surface area is 124 Å². The molecular weight excluding hydrogens is 270 g/mol. The highest BCUT2D eigenvalue weighted by Gasteiger charge is 2.21. The fourth-order valence-corrected chi connectivity index (χ4v) is 2.98. The molecular formula is C17H18ClNO. The molecule has 1 aliphatic carbocycles. The van der Waals surface area contributed by atoms with Gasteiger partial charge in [0.15, 0.2) is 0 Å². The highest BCUT2D eigenvalue weighted by molar-refractivity contribution is 6.30. The number of hydrogen-bond donors (Lipinski definition) is 1. The van der Waals surface area contributed by atoms with Crippen LogP contribution in [0.25, 0.3) is 0 Å². The lowest BCUT2D eigenvalue weighted by Gasteiger charge is -2.27. The molecule has 3 rings (SSSR count). The summed E-state index contributed by atoms with van der Waals surface area (Å²) >= 11 is 5.92. The van der Waals surface area contributed by atoms with Crippen molar-refractivity contribution in [1.82, 2.24) is 0 Å². The zero-order valence-corrected chi connectivity index (χ0v) is 12.3. The molecule has 0 amide bonds. The summed E-state index contributed by atoms with van der Waals surface area (Å²) in [5, 5.41) is 4.36. The molecule has 104 valence electrons. The van der Waals surface area contributed by atoms with Crippen molar-refractivity contribution in [2.45, 2.75) is 25.3 Å². The molecule has 0 aliphatic heterocycles. The summed E-state index contributed by atoms with van der Waals surface area (Å²) in [5.41, 5.74) is 3.88. The van der Waals surface area contributed by atoms with E-state index in [0.29, 0.717) is 6.04 Å². The van der Waals surface area contributed by atoms with E-state index in [0.717, 1.165) is 35.7 Å². The zero-order valence-electron chi connectivity index (χ0n) is 11.5. The number of ether oxygens (including phenoxy) is 1. The van der Waals surface area contributed by atoms with Crippen molar-refractivity contribution in [3.8, 4) is 5.75 Å². The SMILES string of the molecule is COc1cccc2c1CC(Nc1ccc(Cl)cc1)CC2. The minimum atomic E-state index is 0.444. The largest absolute Gasteiger partial charge is 0.496 e. The van der Waals surface area contributed by atoms with Crippen LogP contribution >= 0.6 is 11.6 Å². The second-order valence-electron chi connectivity index (χ2n) is 5.19. The van der Waals surface area contributed by atoms with Crippen LogP contribution in [-0.2, 0) is 12.8 Å². The van der Waals surface area contributed by atoms with Crippen LogP contribution in [0.4, 0.5) is 5.69 Å². The van der Waals surface area contributed by atoms with Crippen LogP contribution in [0.2, 0.25) is 5.02 Å². The van der Waals surface area contributed by atoms with Crippen molar-refractivity contribution < 1.29 is 4.74 Å². The van der Waals surface area contributed by atoms with Gasteiger partial charge in [0.25, 0.3) is 0 Å². The van der Waals surface area contributed by atoms with Crippen LogP contribution in [-0.4, -0.2) is 13.2 Å². The van der Waals surface area contributed by atoms with Crippen LogP contribution in [0.1, 0.15) is 17.5 Å². The molecule has 3 heteroatoms. The maximum Gasteiger partial charge on any atom is 0.122 e. The fourth-order valence-electron chi connectivity index (χ4n) is 2.85. The Morgan fingerprint density at radius 2 is 1.95 bits per heavy atom. The third-order valence-electron chi connectivity index (χ3n) is 3.88. The maximum absolute atomic E-state index is 5.92. The van der Waals surface area contributed by atoms with Gasteiger partial charge in [-0.1, -0.05) is 23.7 Å². The molecule has 0 radical (unpaired) electrons. The number of fused-ring (bicyclic) bond motifs is 1. The van der Waals surface area contributed by atoms with Gasteiger partial charge in [-0.25, -0.2) is 0 Å². The first-order valence-corrected chi connectivity index (χ1v) is 7.31. The summed E-state index contributed by atoms with van der Waals surface area (Å²) in [5.74, 6) is 1.00. The van der Waals surface area contributed by atoms with Crippen LogP contribution in [0.5, 0.6) is 5.75 Å². The number of hydrogen-bond acceptors (Lipinski definition) is 2. The Kier molecular flexibility index (Phi) is 3.83. The van der Waals surface area contributed by atoms with Crippen LogP contribution in [0.15, 0.2) is 42.5 Å². The van der Waals surface area contributed by atoms with Crippen LogP contribution < -0.4 is 10.1 Å². The number of benzene rings is 2. The second-order valence-corrected chi connectivity index (χ2v) is 5.63. The average Bonchev–Trinajstić information content (AvgIpc) is 2.49. The van der Waals surface area contributed by atoms with E-state index in [1.807, 2.05) is 30.3 Å². The molecule has 1 unspecified atom stereocenters. The molecule has 0 spiro atoms. The second kappa shape index (κ2) is 5.76. The smallest absolute Gasteiger partial charge is 0.122 e. The summed E-state index contributed by atoms with van der Waals surface area (Å²) in [7, 11) is 1.74. The normalized spacial score (nSPS) is 17.4. The summed E-state index contributed by atoms with van der Waals surface area (Å²) in [4.78, 5) is 0. The third-order valence-corrected chi connectivity index (χ3v) is 4.13. The summed E-state index contributed by atoms with van der Waals surface area (Å²) in [6.07, 6.45) is 3.24. The Balaban J connectivity index is 1.76. The van der Waals surface area contributed by atoms with Gasteiger partial charge in [-0.05, 0) is 60.7 Å². The summed E-state index contributed by atoms with van der Waals surface area (Å²) < 4.78 is 5.48. The molecule has 0 saturated carbocycles. The molecule has 20 heavy (non-hydrogen) atoms. The first-order valence-electron chi connectivity index (χ1n) is 6.93. The minimum Gasteiger partial charge on any atom is -0.496 e. The van der Waals surface area contributed by atoms with E-state index < -0.39 is 0 Å². The van der Waals surface area contributed by atoms with E-state index in [1.165, 1.54) is 11.1 Å². The van der Waals surface area contributed by atoms with Crippen LogP contribution in [0, 0.1) is 0 Å². The van der Waals surface area contributed by atoms with E-state index in [2.05, 4.69) is 17.4 Å². The number of methoxy groups -OCH3 is 1. The molecule has 2 nitrogen and oxygen atoms in total. The minimum absolute atomic E-state index is 0.444. The summed E-state index contributed by atoms with van der Waals surface area (Å²) in [6, 6.07) is 14.7. The van der Waals surface area contributed by atoms with Crippen molar-refractivity contribution in [2.75, 3.05) is 12.4 Å². The Morgan fingerprint density at radius 1 is 1.15 bits per heavy atom. The Morgan fingerprint density at radius 3 is 2.70 bits per heavy atom. The van der Waals surface area contributed by atoms with Gasteiger partial charge in [-0.2, -0.15) is 0 Å². The van der Waals surface area contributed by atoms with Gasteiger partial charge >= 0.3 is 0 Å². The number of nitrogens with one attached hydrogen (secondary N) is 1. The molecule has 0 fully saturated rings. The zero-order chi connectivity index (χ0) is 13.9. The van der Waals surface area contributed by atoms with Gasteiger partial charge in [0.2, 0.25) is 0 Å². The first-order chi connectivity index (χ1) is 9.76. The lowest BCUT2D eigenvalue weighted by atomic mass is 9.87. The van der Waals surface area contributed by atoms with Crippen molar-refractivity contribution in [3.05, 3.63) is 58.6 Å². The molecule has 2 aromatic carbocycles. The maximum atomic E-state index is 5.92. The van der Waals surface area contributed by atoms with Gasteiger partial charge in [0, 0.05) is 16.8 Å². The van der Waals surface area contributed by atoms with Crippen molar-refractivity contribution in [1.29, 1.82) is 0 Å². The highest BCUT2D eigenvalue weighted by Crippen LogP contribution is 2.30. The topological polar surface area (TPSA) is 21.3 Å². The number of anilines is 1. The predicted octanol–water partition coefficient (Wildman–Crippen LogP) is 4.32. The summed E-state index contributed by atoms with van der Waals surface area (Å²) in [6.45, 7) is 0. The van der Waals surface area contributed by atoms with E-state index >= 15 is 0 Å². The van der Waals surface area contributed by atoms with Gasteiger partial charge in [-0.3, -0.25) is 0 Å². The number of halogens is 1. The fraction of sp³-hybridized carbons (Fsp3) is 0.294. The van der Waals surface area contributed by atoms with Crippen molar-refractivity contribution in [3.63, 3.8) is 0 Å². The molecule has 0 bridgehead atoms. The van der Waals surface area contributed by atoms with Gasteiger partial charge in [0.1, 0.15) is 5.75 Å². The standard InChI is InChI=1S/C17H18ClNO/c1-20-17-4-2-3-12-5-8-15(11-16(12)17)19-14-9-6-13(18)7-10-14/h2-4,6-7,9-10,15,19H,5,8,11H2,1H3. The molecule has 0 saturated heterocycles. The number of aryl methyl sites for hydroxylation is 1. The molecule has 0 aromatic heterocycles. The van der Waals surface area contributed by atoms with Gasteiger partial charge < -0.3 is 10.1 Å². The molecule has 2 aromatic rings. The first kappa shape index (κ1) is 13.3. The van der Waals surface area contributed by atoms with Crippen LogP contribution in [0.3, 0.4) is 0 Å². The predicted molar refractivity (Wildman–Crippen MR) is 83.9 cm³/mol. The number of rotatable bonds is 3. The van der Waals surface area contributed by atoms with E-state index in [9.17, 15) is 0 Å². The molecule has 1 atom stereocenters. The molecule has 0 heterocycles.